The Morgan fingerprint density at radius 2 is 1.71 bits per heavy atom. The van der Waals surface area contributed by atoms with E-state index in [2.05, 4.69) is 68.9 Å². The fourth-order valence-corrected chi connectivity index (χ4v) is 4.18. The number of carbonyl (C=O) groups excluding carboxylic acids is 1. The van der Waals surface area contributed by atoms with E-state index < -0.39 is 0 Å². The lowest BCUT2D eigenvalue weighted by molar-refractivity contribution is -0.125. The first-order chi connectivity index (χ1) is 13.7. The second-order valence-electron chi connectivity index (χ2n) is 6.80. The van der Waals surface area contributed by atoms with Gasteiger partial charge in [0.15, 0.2) is 0 Å². The predicted octanol–water partition coefficient (Wildman–Crippen LogP) is 3.34. The van der Waals surface area contributed by atoms with Crippen molar-refractivity contribution in [1.29, 1.82) is 0 Å². The van der Waals surface area contributed by atoms with Gasteiger partial charge in [0.1, 0.15) is 11.6 Å². The largest absolute Gasteiger partial charge is 0.377 e. The lowest BCUT2D eigenvalue weighted by atomic mass is 9.90. The number of methoxy groups -OCH3 is 1. The summed E-state index contributed by atoms with van der Waals surface area (Å²) in [7, 11) is 1.61. The number of carbonyl (C=O) groups is 1. The molecule has 1 aliphatic heterocycles. The SMILES string of the molecule is COCc1nnc(NC(=O)C2CN(C(c3ccccc3)c3ccccc3)C2)s1. The van der Waals surface area contributed by atoms with E-state index in [4.69, 9.17) is 4.74 Å². The first-order valence-electron chi connectivity index (χ1n) is 9.20. The molecule has 1 amide bonds. The van der Waals surface area contributed by atoms with Crippen LogP contribution in [-0.4, -0.2) is 41.2 Å². The minimum Gasteiger partial charge on any atom is -0.377 e. The molecule has 7 heteroatoms. The Labute approximate surface area is 168 Å². The average molecular weight is 395 g/mol. The first-order valence-corrected chi connectivity index (χ1v) is 10.0. The summed E-state index contributed by atoms with van der Waals surface area (Å²) >= 11 is 1.35. The first kappa shape index (κ1) is 18.7. The van der Waals surface area contributed by atoms with E-state index >= 15 is 0 Å². The van der Waals surface area contributed by atoms with Crippen LogP contribution in [0.4, 0.5) is 5.13 Å². The zero-order valence-corrected chi connectivity index (χ0v) is 16.4. The molecule has 2 heterocycles. The van der Waals surface area contributed by atoms with Crippen molar-refractivity contribution in [3.05, 3.63) is 76.8 Å². The van der Waals surface area contributed by atoms with Gasteiger partial charge in [-0.05, 0) is 11.1 Å². The number of hydrogen-bond donors (Lipinski definition) is 1. The molecule has 0 saturated carbocycles. The maximum atomic E-state index is 12.6. The summed E-state index contributed by atoms with van der Waals surface area (Å²) < 4.78 is 5.04. The Kier molecular flexibility index (Phi) is 5.76. The van der Waals surface area contributed by atoms with Crippen molar-refractivity contribution in [3.63, 3.8) is 0 Å². The molecule has 0 radical (unpaired) electrons. The Bertz CT molecular complexity index is 871. The van der Waals surface area contributed by atoms with E-state index in [1.165, 1.54) is 22.5 Å². The zero-order valence-electron chi connectivity index (χ0n) is 15.6. The highest BCUT2D eigenvalue weighted by Gasteiger charge is 2.38. The summed E-state index contributed by atoms with van der Waals surface area (Å²) in [6.07, 6.45) is 0. The van der Waals surface area contributed by atoms with Crippen LogP contribution in [0.15, 0.2) is 60.7 Å². The number of aromatic nitrogens is 2. The number of anilines is 1. The quantitative estimate of drug-likeness (QED) is 0.666. The van der Waals surface area contributed by atoms with Gasteiger partial charge in [-0.25, -0.2) is 0 Å². The molecule has 4 rings (SSSR count). The Morgan fingerprint density at radius 3 is 2.29 bits per heavy atom. The predicted molar refractivity (Wildman–Crippen MR) is 109 cm³/mol. The summed E-state index contributed by atoms with van der Waals surface area (Å²) in [6, 6.07) is 21.0. The number of likely N-dealkylation sites (tertiary alicyclic amines) is 1. The molecule has 0 spiro atoms. The van der Waals surface area contributed by atoms with Crippen molar-refractivity contribution in [2.24, 2.45) is 5.92 Å². The molecule has 1 N–H and O–H groups in total. The number of nitrogens with zero attached hydrogens (tertiary/aromatic N) is 3. The van der Waals surface area contributed by atoms with Crippen LogP contribution in [0.2, 0.25) is 0 Å². The highest BCUT2D eigenvalue weighted by Crippen LogP contribution is 2.34. The van der Waals surface area contributed by atoms with Gasteiger partial charge < -0.3 is 10.1 Å². The molecule has 144 valence electrons. The van der Waals surface area contributed by atoms with Gasteiger partial charge in [-0.15, -0.1) is 10.2 Å². The van der Waals surface area contributed by atoms with Crippen LogP contribution in [0.1, 0.15) is 22.2 Å². The molecule has 2 aromatic carbocycles. The number of rotatable bonds is 7. The van der Waals surface area contributed by atoms with E-state index in [-0.39, 0.29) is 17.9 Å². The Balaban J connectivity index is 1.42. The van der Waals surface area contributed by atoms with Crippen LogP contribution in [0.3, 0.4) is 0 Å². The van der Waals surface area contributed by atoms with E-state index in [0.29, 0.717) is 24.8 Å². The lowest BCUT2D eigenvalue weighted by Crippen LogP contribution is -2.53. The van der Waals surface area contributed by atoms with Crippen LogP contribution in [0.25, 0.3) is 0 Å². The molecule has 1 fully saturated rings. The van der Waals surface area contributed by atoms with Crippen molar-refractivity contribution in [2.75, 3.05) is 25.5 Å². The third kappa shape index (κ3) is 4.11. The van der Waals surface area contributed by atoms with Gasteiger partial charge in [0.05, 0.1) is 12.0 Å². The Hall–Kier alpha value is -2.61. The van der Waals surface area contributed by atoms with Gasteiger partial charge in [0, 0.05) is 20.2 Å². The molecule has 0 atom stereocenters. The van der Waals surface area contributed by atoms with Gasteiger partial charge in [0.25, 0.3) is 0 Å². The fraction of sp³-hybridized carbons (Fsp3) is 0.286. The highest BCUT2D eigenvalue weighted by atomic mass is 32.1. The summed E-state index contributed by atoms with van der Waals surface area (Å²) in [4.78, 5) is 14.9. The molecule has 6 nitrogen and oxygen atoms in total. The van der Waals surface area contributed by atoms with Crippen LogP contribution in [0, 0.1) is 5.92 Å². The van der Waals surface area contributed by atoms with Crippen LogP contribution in [0.5, 0.6) is 0 Å². The molecule has 0 unspecified atom stereocenters. The second kappa shape index (κ2) is 8.60. The molecular formula is C21H22N4O2S. The summed E-state index contributed by atoms with van der Waals surface area (Å²) in [5.74, 6) is -0.0547. The highest BCUT2D eigenvalue weighted by molar-refractivity contribution is 7.15. The molecule has 1 aliphatic rings. The maximum absolute atomic E-state index is 12.6. The zero-order chi connectivity index (χ0) is 19.3. The molecule has 1 aromatic heterocycles. The smallest absolute Gasteiger partial charge is 0.231 e. The number of benzene rings is 2. The van der Waals surface area contributed by atoms with Crippen molar-refractivity contribution in [1.82, 2.24) is 15.1 Å². The lowest BCUT2D eigenvalue weighted by Gasteiger charge is -2.43. The monoisotopic (exact) mass is 394 g/mol. The van der Waals surface area contributed by atoms with Gasteiger partial charge >= 0.3 is 0 Å². The topological polar surface area (TPSA) is 67.4 Å². The van der Waals surface area contributed by atoms with E-state index in [1.54, 1.807) is 7.11 Å². The Morgan fingerprint density at radius 1 is 1.11 bits per heavy atom. The van der Waals surface area contributed by atoms with Gasteiger partial charge in [-0.3, -0.25) is 9.69 Å². The van der Waals surface area contributed by atoms with Gasteiger partial charge in [0.2, 0.25) is 11.0 Å². The van der Waals surface area contributed by atoms with Gasteiger partial charge in [-0.1, -0.05) is 72.0 Å². The molecule has 28 heavy (non-hydrogen) atoms. The third-order valence-electron chi connectivity index (χ3n) is 4.84. The van der Waals surface area contributed by atoms with Crippen LogP contribution >= 0.6 is 11.3 Å². The maximum Gasteiger partial charge on any atom is 0.231 e. The normalized spacial score (nSPS) is 14.8. The van der Waals surface area contributed by atoms with E-state index in [0.717, 1.165) is 5.01 Å². The van der Waals surface area contributed by atoms with Crippen molar-refractivity contribution in [3.8, 4) is 0 Å². The second-order valence-corrected chi connectivity index (χ2v) is 7.86. The summed E-state index contributed by atoms with van der Waals surface area (Å²) in [5.41, 5.74) is 2.47. The van der Waals surface area contributed by atoms with E-state index in [1.807, 2.05) is 12.1 Å². The minimum absolute atomic E-state index is 0.00348. The number of nitrogens with one attached hydrogen (secondary N) is 1. The minimum atomic E-state index is -0.0512. The standard InChI is InChI=1S/C21H22N4O2S/c1-27-14-18-23-24-21(28-18)22-20(26)17-12-25(13-17)19(15-8-4-2-5-9-15)16-10-6-3-7-11-16/h2-11,17,19H,12-14H2,1H3,(H,22,24,26). The van der Waals surface area contributed by atoms with E-state index in [9.17, 15) is 4.79 Å². The molecule has 0 bridgehead atoms. The summed E-state index contributed by atoms with van der Waals surface area (Å²) in [5, 5.41) is 12.2. The fourth-order valence-electron chi connectivity index (χ4n) is 3.47. The van der Waals surface area contributed by atoms with Crippen LogP contribution < -0.4 is 5.32 Å². The molecule has 0 aliphatic carbocycles. The van der Waals surface area contributed by atoms with Gasteiger partial charge in [-0.2, -0.15) is 0 Å². The number of amides is 1. The third-order valence-corrected chi connectivity index (χ3v) is 5.65. The van der Waals surface area contributed by atoms with Crippen molar-refractivity contribution < 1.29 is 9.53 Å². The molecule has 1 saturated heterocycles. The van der Waals surface area contributed by atoms with Crippen molar-refractivity contribution in [2.45, 2.75) is 12.6 Å². The molecular weight excluding hydrogens is 372 g/mol. The van der Waals surface area contributed by atoms with Crippen LogP contribution in [-0.2, 0) is 16.1 Å². The number of ether oxygens (including phenoxy) is 1. The number of hydrogen-bond acceptors (Lipinski definition) is 6. The average Bonchev–Trinajstić information content (AvgIpc) is 3.12. The van der Waals surface area contributed by atoms with Crippen molar-refractivity contribution >= 4 is 22.4 Å². The summed E-state index contributed by atoms with van der Waals surface area (Å²) in [6.45, 7) is 1.83. The molecule has 3 aromatic rings.